The number of nitriles is 1. The molecule has 0 spiro atoms. The van der Waals surface area contributed by atoms with E-state index in [4.69, 9.17) is 10.00 Å². The van der Waals surface area contributed by atoms with E-state index in [1.54, 1.807) is 12.1 Å². The van der Waals surface area contributed by atoms with E-state index in [0.717, 1.165) is 4.31 Å². The third kappa shape index (κ3) is 3.11. The average Bonchev–Trinajstić information content (AvgIpc) is 2.67. The quantitative estimate of drug-likeness (QED) is 0.512. The van der Waals surface area contributed by atoms with Crippen molar-refractivity contribution in [3.05, 3.63) is 59.9 Å². The van der Waals surface area contributed by atoms with Crippen LogP contribution in [0.15, 0.2) is 48.8 Å². The van der Waals surface area contributed by atoms with Crippen LogP contribution >= 0.6 is 0 Å². The van der Waals surface area contributed by atoms with E-state index in [1.165, 1.54) is 43.8 Å². The molecule has 0 aliphatic rings. The minimum atomic E-state index is -2.80. The highest BCUT2D eigenvalue weighted by Crippen LogP contribution is 2.34. The second kappa shape index (κ2) is 7.26. The first-order chi connectivity index (χ1) is 12.6. The number of para-hydroxylation sites is 1. The first-order valence-electron chi connectivity index (χ1n) is 7.28. The number of carbonyl (C=O) groups excluding carboxylic acids is 1. The molecule has 0 saturated carbocycles. The summed E-state index contributed by atoms with van der Waals surface area (Å²) in [5.41, 5.74) is 1.19. The number of esters is 1. The maximum Gasteiger partial charge on any atom is 0.340 e. The van der Waals surface area contributed by atoms with Gasteiger partial charge in [-0.1, -0.05) is 6.07 Å². The lowest BCUT2D eigenvalue weighted by Gasteiger charge is -2.28. The highest BCUT2D eigenvalue weighted by Gasteiger charge is 2.22. The second-order valence-electron chi connectivity index (χ2n) is 5.05. The topological polar surface area (TPSA) is 119 Å². The Morgan fingerprint density at radius 1 is 1.23 bits per heavy atom. The zero-order valence-corrected chi connectivity index (χ0v) is 14.3. The molecule has 2 aromatic carbocycles. The van der Waals surface area contributed by atoms with Crippen molar-refractivity contribution in [1.82, 2.24) is 9.97 Å². The monoisotopic (exact) mass is 367 g/mol. The summed E-state index contributed by atoms with van der Waals surface area (Å²) in [6.45, 7) is 0. The van der Waals surface area contributed by atoms with Crippen molar-refractivity contribution in [2.24, 2.45) is 0 Å². The SMILES string of the molecule is COC(=O)c1ccc(C#N)cc1N(c1cccc2nccnc12)S(=O)[O-]. The van der Waals surface area contributed by atoms with E-state index in [-0.39, 0.29) is 22.5 Å². The Morgan fingerprint density at radius 3 is 2.69 bits per heavy atom. The van der Waals surface area contributed by atoms with Crippen molar-refractivity contribution in [3.8, 4) is 6.07 Å². The van der Waals surface area contributed by atoms with Crippen molar-refractivity contribution < 1.29 is 18.3 Å². The molecular weight excluding hydrogens is 356 g/mol. The molecule has 26 heavy (non-hydrogen) atoms. The Hall–Kier alpha value is -3.35. The summed E-state index contributed by atoms with van der Waals surface area (Å²) in [5, 5.41) is 9.15. The average molecular weight is 367 g/mol. The summed E-state index contributed by atoms with van der Waals surface area (Å²) < 4.78 is 29.7. The summed E-state index contributed by atoms with van der Waals surface area (Å²) in [5.74, 6) is -0.730. The number of rotatable bonds is 4. The fourth-order valence-electron chi connectivity index (χ4n) is 2.48. The molecule has 130 valence electrons. The van der Waals surface area contributed by atoms with Gasteiger partial charge in [0.1, 0.15) is 5.52 Å². The van der Waals surface area contributed by atoms with E-state index < -0.39 is 17.2 Å². The van der Waals surface area contributed by atoms with E-state index in [1.807, 2.05) is 6.07 Å². The van der Waals surface area contributed by atoms with Crippen LogP contribution in [0, 0.1) is 11.3 Å². The molecule has 0 bridgehead atoms. The van der Waals surface area contributed by atoms with Gasteiger partial charge in [-0.15, -0.1) is 0 Å². The van der Waals surface area contributed by atoms with Gasteiger partial charge in [0.2, 0.25) is 0 Å². The number of benzene rings is 2. The lowest BCUT2D eigenvalue weighted by molar-refractivity contribution is 0.0602. The number of fused-ring (bicyclic) bond motifs is 1. The summed E-state index contributed by atoms with van der Waals surface area (Å²) in [6.07, 6.45) is 2.92. The van der Waals surface area contributed by atoms with Crippen molar-refractivity contribution in [2.75, 3.05) is 11.4 Å². The molecule has 0 amide bonds. The lowest BCUT2D eigenvalue weighted by Crippen LogP contribution is -2.23. The number of hydrogen-bond acceptors (Lipinski definition) is 7. The molecule has 0 radical (unpaired) electrons. The van der Waals surface area contributed by atoms with Gasteiger partial charge in [0.15, 0.2) is 0 Å². The van der Waals surface area contributed by atoms with Gasteiger partial charge >= 0.3 is 5.97 Å². The van der Waals surface area contributed by atoms with Crippen LogP contribution in [0.4, 0.5) is 11.4 Å². The fraction of sp³-hybridized carbons (Fsp3) is 0.0588. The molecule has 8 nitrogen and oxygen atoms in total. The van der Waals surface area contributed by atoms with Crippen molar-refractivity contribution in [3.63, 3.8) is 0 Å². The van der Waals surface area contributed by atoms with Gasteiger partial charge in [-0.3, -0.25) is 18.5 Å². The fourth-order valence-corrected chi connectivity index (χ4v) is 3.10. The molecule has 0 fully saturated rings. The van der Waals surface area contributed by atoms with Crippen LogP contribution in [0.1, 0.15) is 15.9 Å². The van der Waals surface area contributed by atoms with E-state index >= 15 is 0 Å². The van der Waals surface area contributed by atoms with Crippen LogP contribution in [0.25, 0.3) is 11.0 Å². The number of anilines is 2. The molecule has 3 aromatic rings. The van der Waals surface area contributed by atoms with Crippen molar-refractivity contribution in [1.29, 1.82) is 5.26 Å². The molecule has 0 saturated heterocycles. The Morgan fingerprint density at radius 2 is 2.00 bits per heavy atom. The lowest BCUT2D eigenvalue weighted by atomic mass is 10.1. The van der Waals surface area contributed by atoms with Gasteiger partial charge in [0.25, 0.3) is 0 Å². The predicted octanol–water partition coefficient (Wildman–Crippen LogP) is 2.22. The van der Waals surface area contributed by atoms with Crippen LogP contribution in [-0.4, -0.2) is 31.8 Å². The number of carbonyl (C=O) groups is 1. The Balaban J connectivity index is 2.32. The van der Waals surface area contributed by atoms with Crippen molar-refractivity contribution >= 4 is 39.6 Å². The zero-order valence-electron chi connectivity index (χ0n) is 13.4. The number of ether oxygens (including phenoxy) is 1. The van der Waals surface area contributed by atoms with E-state index in [9.17, 15) is 13.6 Å². The third-order valence-corrected chi connectivity index (χ3v) is 4.29. The molecule has 0 aliphatic heterocycles. The van der Waals surface area contributed by atoms with E-state index in [0.29, 0.717) is 11.0 Å². The highest BCUT2D eigenvalue weighted by atomic mass is 32.2. The Bertz CT molecular complexity index is 1060. The number of hydrogen-bond donors (Lipinski definition) is 0. The first kappa shape index (κ1) is 17.5. The molecule has 1 heterocycles. The highest BCUT2D eigenvalue weighted by molar-refractivity contribution is 7.81. The summed E-state index contributed by atoms with van der Waals surface area (Å²) >= 11 is -2.80. The maximum atomic E-state index is 12.1. The molecule has 0 N–H and O–H groups in total. The molecule has 1 atom stereocenters. The first-order valence-corrected chi connectivity index (χ1v) is 8.31. The summed E-state index contributed by atoms with van der Waals surface area (Å²) in [7, 11) is 1.19. The standard InChI is InChI=1S/C17H12N4O4S/c1-25-17(22)12-6-5-11(10-18)9-15(12)21(26(23)24)14-4-2-3-13-16(14)20-8-7-19-13/h2-9H,1H3,(H,23,24)/p-1. The van der Waals surface area contributed by atoms with Gasteiger partial charge in [-0.25, -0.2) is 4.79 Å². The maximum absolute atomic E-state index is 12.1. The smallest absolute Gasteiger partial charge is 0.340 e. The largest absolute Gasteiger partial charge is 0.755 e. The minimum absolute atomic E-state index is 0.00315. The van der Waals surface area contributed by atoms with Gasteiger partial charge in [-0.2, -0.15) is 5.26 Å². The van der Waals surface area contributed by atoms with E-state index in [2.05, 4.69) is 9.97 Å². The van der Waals surface area contributed by atoms with Crippen LogP contribution in [0.3, 0.4) is 0 Å². The zero-order chi connectivity index (χ0) is 18.7. The predicted molar refractivity (Wildman–Crippen MR) is 93.1 cm³/mol. The molecular formula is C17H11N4O4S-. The van der Waals surface area contributed by atoms with Gasteiger partial charge in [-0.05, 0) is 30.3 Å². The van der Waals surface area contributed by atoms with Crippen LogP contribution < -0.4 is 4.31 Å². The van der Waals surface area contributed by atoms with Crippen LogP contribution in [0.2, 0.25) is 0 Å². The summed E-state index contributed by atoms with van der Waals surface area (Å²) in [6, 6.07) is 10.8. The second-order valence-corrected chi connectivity index (χ2v) is 5.85. The molecule has 9 heteroatoms. The van der Waals surface area contributed by atoms with Crippen LogP contribution in [-0.2, 0) is 16.0 Å². The molecule has 1 aromatic heterocycles. The minimum Gasteiger partial charge on any atom is -0.755 e. The Labute approximate surface area is 151 Å². The van der Waals surface area contributed by atoms with Gasteiger partial charge < -0.3 is 9.29 Å². The molecule has 0 aliphatic carbocycles. The van der Waals surface area contributed by atoms with Gasteiger partial charge in [0, 0.05) is 12.4 Å². The Kier molecular flexibility index (Phi) is 4.88. The van der Waals surface area contributed by atoms with Crippen LogP contribution in [0.5, 0.6) is 0 Å². The molecule has 3 rings (SSSR count). The van der Waals surface area contributed by atoms with Crippen molar-refractivity contribution in [2.45, 2.75) is 0 Å². The third-order valence-electron chi connectivity index (χ3n) is 3.60. The number of nitrogens with zero attached hydrogens (tertiary/aromatic N) is 4. The number of methoxy groups -OCH3 is 1. The normalized spacial score (nSPS) is 11.6. The summed E-state index contributed by atoms with van der Waals surface area (Å²) in [4.78, 5) is 20.4. The number of aromatic nitrogens is 2. The molecule has 1 unspecified atom stereocenters. The van der Waals surface area contributed by atoms with Gasteiger partial charge in [0.05, 0.1) is 52.5 Å².